The van der Waals surface area contributed by atoms with Crippen LogP contribution in [-0.2, 0) is 0 Å². The van der Waals surface area contributed by atoms with E-state index in [1.54, 1.807) is 22.7 Å². The third-order valence-electron chi connectivity index (χ3n) is 13.5. The standard InChI is InChI=1S/C60H50N8S2/c1-65(2)47-29-21-43(22-30-47)55-37-53(63-67(55)49-33-25-45(26-34-49)59-61-51-9-5-7-11-57(51)69-59)41-17-13-39(14-18-41)40-15-19-42(20-16-40)54-38-56(44-23-31-48(32-24-44)66(3)4)68(64-54)50-35-27-46(28-36-50)60-62-52-10-6-8-12-58(52)70-60/h5-36,55-56H,37-38H2,1-4H3. The number of hydrogen-bond donors (Lipinski definition) is 0. The first-order valence-electron chi connectivity index (χ1n) is 23.7. The van der Waals surface area contributed by atoms with Gasteiger partial charge in [-0.15, -0.1) is 22.7 Å². The van der Waals surface area contributed by atoms with Gasteiger partial charge in [0.2, 0.25) is 0 Å². The van der Waals surface area contributed by atoms with Gasteiger partial charge in [0.05, 0.1) is 55.3 Å². The van der Waals surface area contributed by atoms with Gasteiger partial charge in [0.1, 0.15) is 10.0 Å². The van der Waals surface area contributed by atoms with Gasteiger partial charge in [-0.2, -0.15) is 10.2 Å². The van der Waals surface area contributed by atoms with Crippen molar-refractivity contribution in [2.24, 2.45) is 10.2 Å². The van der Waals surface area contributed by atoms with Crippen molar-refractivity contribution < 1.29 is 0 Å². The topological polar surface area (TPSA) is 63.5 Å². The van der Waals surface area contributed by atoms with E-state index in [4.69, 9.17) is 20.2 Å². The molecule has 0 aliphatic carbocycles. The molecule has 0 bridgehead atoms. The lowest BCUT2D eigenvalue weighted by atomic mass is 9.95. The highest BCUT2D eigenvalue weighted by atomic mass is 32.1. The molecule has 0 saturated carbocycles. The molecule has 4 heterocycles. The first-order valence-corrected chi connectivity index (χ1v) is 25.3. The third kappa shape index (κ3) is 8.39. The minimum absolute atomic E-state index is 0.0574. The summed E-state index contributed by atoms with van der Waals surface area (Å²) in [5, 5.41) is 17.1. The van der Waals surface area contributed by atoms with Crippen LogP contribution in [0.2, 0.25) is 0 Å². The number of para-hydroxylation sites is 2. The number of nitrogens with zero attached hydrogens (tertiary/aromatic N) is 8. The van der Waals surface area contributed by atoms with Gasteiger partial charge in [0.15, 0.2) is 0 Å². The van der Waals surface area contributed by atoms with Gasteiger partial charge < -0.3 is 9.80 Å². The molecule has 2 atom stereocenters. The van der Waals surface area contributed by atoms with E-state index >= 15 is 0 Å². The molecular formula is C60H50N8S2. The number of aromatic nitrogens is 2. The quantitative estimate of drug-likeness (QED) is 0.129. The van der Waals surface area contributed by atoms with Gasteiger partial charge in [0, 0.05) is 63.5 Å². The van der Waals surface area contributed by atoms with Gasteiger partial charge in [-0.1, -0.05) is 97.1 Å². The normalized spacial score (nSPS) is 15.7. The van der Waals surface area contributed by atoms with Crippen molar-refractivity contribution in [1.29, 1.82) is 0 Å². The summed E-state index contributed by atoms with van der Waals surface area (Å²) in [6.45, 7) is 0. The maximum absolute atomic E-state index is 5.34. The predicted molar refractivity (Wildman–Crippen MR) is 296 cm³/mol. The number of benzene rings is 8. The first kappa shape index (κ1) is 43.4. The van der Waals surface area contributed by atoms with Crippen molar-refractivity contribution in [2.75, 3.05) is 48.0 Å². The molecule has 2 aliphatic heterocycles. The number of hydrazone groups is 2. The molecule has 0 amide bonds. The SMILES string of the molecule is CN(C)c1ccc(C2CC(c3ccc(-c4ccc(C5=NN(c6ccc(-c7nc8ccccc8s7)cc6)C(c6ccc(N(C)C)cc6)C5)cc4)cc3)=NN2c2ccc(-c3nc4ccccc4s3)cc2)cc1. The highest BCUT2D eigenvalue weighted by Crippen LogP contribution is 2.41. The first-order chi connectivity index (χ1) is 34.3. The van der Waals surface area contributed by atoms with E-state index in [0.29, 0.717) is 0 Å². The molecular weight excluding hydrogens is 897 g/mol. The molecule has 2 aromatic heterocycles. The van der Waals surface area contributed by atoms with Gasteiger partial charge in [-0.3, -0.25) is 10.0 Å². The van der Waals surface area contributed by atoms with E-state index in [-0.39, 0.29) is 12.1 Å². The second-order valence-corrected chi connectivity index (χ2v) is 20.5. The van der Waals surface area contributed by atoms with Crippen LogP contribution in [0.4, 0.5) is 22.7 Å². The Kier molecular flexibility index (Phi) is 11.3. The van der Waals surface area contributed by atoms with Crippen LogP contribution in [0.5, 0.6) is 0 Å². The zero-order valence-corrected chi connectivity index (χ0v) is 41.1. The zero-order valence-electron chi connectivity index (χ0n) is 39.4. The van der Waals surface area contributed by atoms with E-state index in [1.165, 1.54) is 31.9 Å². The van der Waals surface area contributed by atoms with Crippen LogP contribution in [0.3, 0.4) is 0 Å². The summed E-state index contributed by atoms with van der Waals surface area (Å²) in [5.74, 6) is 0. The number of fused-ring (bicyclic) bond motifs is 2. The van der Waals surface area contributed by atoms with Gasteiger partial charge in [0.25, 0.3) is 0 Å². The maximum atomic E-state index is 5.34. The smallest absolute Gasteiger partial charge is 0.124 e. The molecule has 12 rings (SSSR count). The third-order valence-corrected chi connectivity index (χ3v) is 15.7. The van der Waals surface area contributed by atoms with Crippen molar-refractivity contribution in [3.8, 4) is 32.3 Å². The minimum Gasteiger partial charge on any atom is -0.378 e. The number of anilines is 4. The molecule has 0 spiro atoms. The second kappa shape index (κ2) is 18.2. The summed E-state index contributed by atoms with van der Waals surface area (Å²) in [4.78, 5) is 14.1. The number of thiazole rings is 2. The van der Waals surface area contributed by atoms with Crippen LogP contribution >= 0.6 is 22.7 Å². The van der Waals surface area contributed by atoms with Crippen LogP contribution in [0.1, 0.15) is 47.2 Å². The maximum Gasteiger partial charge on any atom is 0.124 e. The summed E-state index contributed by atoms with van der Waals surface area (Å²) in [5.41, 5.74) is 17.9. The Hall–Kier alpha value is -7.92. The molecule has 2 aliphatic rings. The van der Waals surface area contributed by atoms with Crippen LogP contribution in [0.15, 0.2) is 204 Å². The molecule has 0 radical (unpaired) electrons. The lowest BCUT2D eigenvalue weighted by Crippen LogP contribution is -2.18. The molecule has 2 unspecified atom stereocenters. The molecule has 10 aromatic rings. The van der Waals surface area contributed by atoms with Gasteiger partial charge in [-0.05, 0) is 130 Å². The Morgan fingerprint density at radius 3 is 1.09 bits per heavy atom. The fourth-order valence-electron chi connectivity index (χ4n) is 9.57. The average Bonchev–Trinajstić information content (AvgIpc) is 4.24. The Bertz CT molecular complexity index is 3230. The van der Waals surface area contributed by atoms with Crippen molar-refractivity contribution in [3.63, 3.8) is 0 Å². The van der Waals surface area contributed by atoms with Gasteiger partial charge >= 0.3 is 0 Å². The minimum atomic E-state index is 0.0574. The van der Waals surface area contributed by atoms with E-state index in [2.05, 4.69) is 230 Å². The second-order valence-electron chi connectivity index (χ2n) is 18.4. The van der Waals surface area contributed by atoms with Crippen molar-refractivity contribution in [2.45, 2.75) is 24.9 Å². The lowest BCUT2D eigenvalue weighted by Gasteiger charge is -2.25. The zero-order chi connectivity index (χ0) is 47.3. The fraction of sp³-hybridized carbons (Fsp3) is 0.133. The van der Waals surface area contributed by atoms with E-state index in [1.807, 2.05) is 12.1 Å². The molecule has 8 nitrogen and oxygen atoms in total. The lowest BCUT2D eigenvalue weighted by molar-refractivity contribution is 0.709. The molecule has 70 heavy (non-hydrogen) atoms. The fourth-order valence-corrected chi connectivity index (χ4v) is 11.5. The molecule has 0 fully saturated rings. The molecule has 0 N–H and O–H groups in total. The van der Waals surface area contributed by atoms with E-state index in [9.17, 15) is 0 Å². The number of rotatable bonds is 11. The molecule has 0 saturated heterocycles. The van der Waals surface area contributed by atoms with Crippen LogP contribution in [0.25, 0.3) is 52.7 Å². The number of hydrogen-bond acceptors (Lipinski definition) is 10. The van der Waals surface area contributed by atoms with E-state index < -0.39 is 0 Å². The average molecular weight is 947 g/mol. The Morgan fingerprint density at radius 2 is 0.729 bits per heavy atom. The van der Waals surface area contributed by atoms with E-state index in [0.717, 1.165) is 90.1 Å². The molecule has 8 aromatic carbocycles. The highest BCUT2D eigenvalue weighted by Gasteiger charge is 2.32. The summed E-state index contributed by atoms with van der Waals surface area (Å²) in [6.07, 6.45) is 1.59. The highest BCUT2D eigenvalue weighted by molar-refractivity contribution is 7.22. The summed E-state index contributed by atoms with van der Waals surface area (Å²) in [7, 11) is 8.32. The molecule has 10 heteroatoms. The summed E-state index contributed by atoms with van der Waals surface area (Å²) in [6, 6.07) is 69.8. The molecule has 342 valence electrons. The van der Waals surface area contributed by atoms with Crippen LogP contribution < -0.4 is 19.8 Å². The summed E-state index contributed by atoms with van der Waals surface area (Å²) < 4.78 is 2.39. The Morgan fingerprint density at radius 1 is 0.386 bits per heavy atom. The van der Waals surface area contributed by atoms with Gasteiger partial charge in [-0.25, -0.2) is 9.97 Å². The summed E-state index contributed by atoms with van der Waals surface area (Å²) >= 11 is 3.45. The van der Waals surface area contributed by atoms with Crippen molar-refractivity contribution in [1.82, 2.24) is 9.97 Å². The largest absolute Gasteiger partial charge is 0.378 e. The Labute approximate surface area is 416 Å². The van der Waals surface area contributed by atoms with Crippen molar-refractivity contribution >= 4 is 77.3 Å². The monoisotopic (exact) mass is 946 g/mol. The Balaban J connectivity index is 0.796. The predicted octanol–water partition coefficient (Wildman–Crippen LogP) is 14.8. The van der Waals surface area contributed by atoms with Crippen LogP contribution in [-0.4, -0.2) is 49.6 Å². The van der Waals surface area contributed by atoms with Crippen molar-refractivity contribution in [3.05, 3.63) is 216 Å². The van der Waals surface area contributed by atoms with Crippen LogP contribution in [0, 0.1) is 0 Å².